The molecule has 0 unspecified atom stereocenters. The third-order valence-corrected chi connectivity index (χ3v) is 5.88. The third kappa shape index (κ3) is 5.36. The van der Waals surface area contributed by atoms with Crippen molar-refractivity contribution in [3.8, 4) is 5.75 Å². The van der Waals surface area contributed by atoms with Crippen LogP contribution in [0.4, 0.5) is 11.4 Å². The Morgan fingerprint density at radius 3 is 2.43 bits per heavy atom. The number of rotatable bonds is 7. The van der Waals surface area contributed by atoms with E-state index in [1.807, 2.05) is 26.8 Å². The maximum atomic E-state index is 12.4. The van der Waals surface area contributed by atoms with Gasteiger partial charge in [0.2, 0.25) is 0 Å². The number of nitrogens with zero attached hydrogens (tertiary/aromatic N) is 1. The molecule has 2 N–H and O–H groups in total. The largest absolute Gasteiger partial charge is 0.483 e. The lowest BCUT2D eigenvalue weighted by Gasteiger charge is -2.13. The number of carbonyl (C=O) groups is 1. The molecule has 0 bridgehead atoms. The maximum Gasteiger partial charge on any atom is 0.262 e. The van der Waals surface area contributed by atoms with Crippen molar-refractivity contribution in [2.75, 3.05) is 16.6 Å². The highest BCUT2D eigenvalue weighted by atomic mass is 32.2. The van der Waals surface area contributed by atoms with E-state index in [1.54, 1.807) is 18.3 Å². The molecule has 0 aliphatic heterocycles. The Morgan fingerprint density at radius 2 is 1.77 bits per heavy atom. The average molecular weight is 426 g/mol. The number of benzene rings is 2. The average Bonchev–Trinajstić information content (AvgIpc) is 2.70. The molecular weight excluding hydrogens is 402 g/mol. The Balaban J connectivity index is 1.61. The molecule has 0 spiro atoms. The molecule has 8 heteroatoms. The van der Waals surface area contributed by atoms with E-state index in [9.17, 15) is 13.2 Å². The Kier molecular flexibility index (Phi) is 6.37. The van der Waals surface area contributed by atoms with Gasteiger partial charge in [-0.3, -0.25) is 14.5 Å². The second kappa shape index (κ2) is 8.96. The molecule has 0 aliphatic carbocycles. The van der Waals surface area contributed by atoms with Crippen LogP contribution in [0.25, 0.3) is 0 Å². The van der Waals surface area contributed by atoms with Gasteiger partial charge in [0.15, 0.2) is 6.61 Å². The number of nitrogens with one attached hydrogen (secondary N) is 2. The van der Waals surface area contributed by atoms with Gasteiger partial charge in [0.05, 0.1) is 16.8 Å². The molecular formula is C22H23N3O4S. The van der Waals surface area contributed by atoms with Crippen LogP contribution in [0.2, 0.25) is 0 Å². The molecule has 1 amide bonds. The number of ether oxygens (including phenoxy) is 1. The van der Waals surface area contributed by atoms with Crippen molar-refractivity contribution in [1.29, 1.82) is 0 Å². The first kappa shape index (κ1) is 21.3. The van der Waals surface area contributed by atoms with Crippen LogP contribution in [0, 0.1) is 20.8 Å². The minimum atomic E-state index is -3.75. The Hall–Kier alpha value is -3.39. The Bertz CT molecular complexity index is 1150. The number of pyridine rings is 1. The van der Waals surface area contributed by atoms with E-state index in [0.717, 1.165) is 16.7 Å². The van der Waals surface area contributed by atoms with Crippen molar-refractivity contribution in [2.45, 2.75) is 25.7 Å². The zero-order valence-electron chi connectivity index (χ0n) is 17.0. The normalized spacial score (nSPS) is 11.0. The summed E-state index contributed by atoms with van der Waals surface area (Å²) in [6.45, 7) is 5.76. The molecule has 0 aliphatic rings. The van der Waals surface area contributed by atoms with Gasteiger partial charge >= 0.3 is 0 Å². The number of anilines is 2. The summed E-state index contributed by atoms with van der Waals surface area (Å²) in [6, 6.07) is 13.1. The first-order valence-corrected chi connectivity index (χ1v) is 10.8. The topological polar surface area (TPSA) is 97.4 Å². The quantitative estimate of drug-likeness (QED) is 0.600. The lowest BCUT2D eigenvalue weighted by molar-refractivity contribution is -0.118. The summed E-state index contributed by atoms with van der Waals surface area (Å²) in [6.07, 6.45) is 2.98. The van der Waals surface area contributed by atoms with Crippen molar-refractivity contribution in [1.82, 2.24) is 4.98 Å². The van der Waals surface area contributed by atoms with Gasteiger partial charge in [0.25, 0.3) is 15.9 Å². The number of hydrogen-bond donors (Lipinski definition) is 2. The van der Waals surface area contributed by atoms with Gasteiger partial charge in [-0.25, -0.2) is 8.42 Å². The van der Waals surface area contributed by atoms with Crippen LogP contribution < -0.4 is 14.8 Å². The van der Waals surface area contributed by atoms with Crippen LogP contribution in [0.3, 0.4) is 0 Å². The SMILES string of the molecule is Cc1cc(C)c(C)c(OCC(=O)Nc2ccc(S(=O)(=O)Nc3cccnc3)cc2)c1. The number of aromatic nitrogens is 1. The second-order valence-electron chi connectivity index (χ2n) is 6.91. The van der Waals surface area contributed by atoms with Crippen LogP contribution in [0.5, 0.6) is 5.75 Å². The summed E-state index contributed by atoms with van der Waals surface area (Å²) in [4.78, 5) is 16.2. The van der Waals surface area contributed by atoms with Gasteiger partial charge < -0.3 is 10.1 Å². The molecule has 7 nitrogen and oxygen atoms in total. The fourth-order valence-electron chi connectivity index (χ4n) is 2.85. The van der Waals surface area contributed by atoms with Crippen molar-refractivity contribution in [3.05, 3.63) is 77.6 Å². The minimum absolute atomic E-state index is 0.0754. The summed E-state index contributed by atoms with van der Waals surface area (Å²) < 4.78 is 33.0. The first-order valence-electron chi connectivity index (χ1n) is 9.28. The van der Waals surface area contributed by atoms with Gasteiger partial charge in [0.1, 0.15) is 5.75 Å². The van der Waals surface area contributed by atoms with E-state index < -0.39 is 10.0 Å². The van der Waals surface area contributed by atoms with Gasteiger partial charge in [-0.2, -0.15) is 0 Å². The molecule has 0 saturated carbocycles. The van der Waals surface area contributed by atoms with Crippen LogP contribution >= 0.6 is 0 Å². The predicted molar refractivity (Wildman–Crippen MR) is 116 cm³/mol. The molecule has 156 valence electrons. The summed E-state index contributed by atoms with van der Waals surface area (Å²) in [7, 11) is -3.75. The van der Waals surface area contributed by atoms with Gasteiger partial charge in [-0.15, -0.1) is 0 Å². The van der Waals surface area contributed by atoms with E-state index in [0.29, 0.717) is 17.1 Å². The van der Waals surface area contributed by atoms with Crippen molar-refractivity contribution < 1.29 is 17.9 Å². The van der Waals surface area contributed by atoms with Crippen molar-refractivity contribution in [3.63, 3.8) is 0 Å². The Morgan fingerprint density at radius 1 is 1.03 bits per heavy atom. The van der Waals surface area contributed by atoms with Crippen molar-refractivity contribution in [2.24, 2.45) is 0 Å². The molecule has 2 aromatic carbocycles. The molecule has 3 rings (SSSR count). The molecule has 0 saturated heterocycles. The molecule has 30 heavy (non-hydrogen) atoms. The fraction of sp³-hybridized carbons (Fsp3) is 0.182. The standard InChI is InChI=1S/C22H23N3O4S/c1-15-11-16(2)17(3)21(12-15)29-14-22(26)24-18-6-8-20(9-7-18)30(27,28)25-19-5-4-10-23-13-19/h4-13,25H,14H2,1-3H3,(H,24,26). The smallest absolute Gasteiger partial charge is 0.262 e. The second-order valence-corrected chi connectivity index (χ2v) is 8.60. The molecule has 0 radical (unpaired) electrons. The number of hydrogen-bond acceptors (Lipinski definition) is 5. The molecule has 1 heterocycles. The van der Waals surface area contributed by atoms with Crippen LogP contribution in [-0.2, 0) is 14.8 Å². The Labute approximate surface area is 176 Å². The van der Waals surface area contributed by atoms with Gasteiger partial charge in [0, 0.05) is 11.9 Å². The number of carbonyl (C=O) groups excluding carboxylic acids is 1. The monoisotopic (exact) mass is 425 g/mol. The van der Waals surface area contributed by atoms with Crippen molar-refractivity contribution >= 4 is 27.3 Å². The van der Waals surface area contributed by atoms with E-state index in [4.69, 9.17) is 4.74 Å². The van der Waals surface area contributed by atoms with E-state index in [2.05, 4.69) is 21.1 Å². The first-order chi connectivity index (χ1) is 14.2. The molecule has 1 aromatic heterocycles. The highest BCUT2D eigenvalue weighted by molar-refractivity contribution is 7.92. The zero-order valence-corrected chi connectivity index (χ0v) is 17.8. The lowest BCUT2D eigenvalue weighted by atomic mass is 10.1. The van der Waals surface area contributed by atoms with Crippen LogP contribution in [0.15, 0.2) is 65.8 Å². The summed E-state index contributed by atoms with van der Waals surface area (Å²) in [5.41, 5.74) is 3.99. The molecule has 0 fully saturated rings. The predicted octanol–water partition coefficient (Wildman–Crippen LogP) is 3.83. The van der Waals surface area contributed by atoms with E-state index in [1.165, 1.54) is 30.5 Å². The number of aryl methyl sites for hydroxylation is 2. The minimum Gasteiger partial charge on any atom is -0.483 e. The summed E-state index contributed by atoms with van der Waals surface area (Å²) in [5, 5.41) is 2.70. The number of amides is 1. The fourth-order valence-corrected chi connectivity index (χ4v) is 3.89. The van der Waals surface area contributed by atoms with E-state index >= 15 is 0 Å². The van der Waals surface area contributed by atoms with Crippen LogP contribution in [0.1, 0.15) is 16.7 Å². The molecule has 0 atom stereocenters. The number of sulfonamides is 1. The lowest BCUT2D eigenvalue weighted by Crippen LogP contribution is -2.20. The van der Waals surface area contributed by atoms with Crippen LogP contribution in [-0.4, -0.2) is 25.9 Å². The van der Waals surface area contributed by atoms with Gasteiger partial charge in [-0.1, -0.05) is 6.07 Å². The summed E-state index contributed by atoms with van der Waals surface area (Å²) in [5.74, 6) is 0.336. The third-order valence-electron chi connectivity index (χ3n) is 4.48. The maximum absolute atomic E-state index is 12.4. The molecule has 3 aromatic rings. The highest BCUT2D eigenvalue weighted by Crippen LogP contribution is 2.23. The van der Waals surface area contributed by atoms with Gasteiger partial charge in [-0.05, 0) is 79.9 Å². The summed E-state index contributed by atoms with van der Waals surface area (Å²) >= 11 is 0. The van der Waals surface area contributed by atoms with E-state index in [-0.39, 0.29) is 17.4 Å². The zero-order chi connectivity index (χ0) is 21.7. The highest BCUT2D eigenvalue weighted by Gasteiger charge is 2.14.